The fourth-order valence-electron chi connectivity index (χ4n) is 10.1. The van der Waals surface area contributed by atoms with Gasteiger partial charge in [0.25, 0.3) is 11.5 Å². The normalized spacial score (nSPS) is 11.6. The molecule has 1 unspecified atom stereocenters. The van der Waals surface area contributed by atoms with Crippen LogP contribution in [0, 0.1) is 0 Å². The topological polar surface area (TPSA) is 282 Å². The maximum atomic E-state index is 13.5. The lowest BCUT2D eigenvalue weighted by molar-refractivity contribution is -0.511. The number of aromatic nitrogens is 4. The molecule has 8 N–H and O–H groups in total. The van der Waals surface area contributed by atoms with Gasteiger partial charge in [-0.15, -0.1) is 0 Å². The number of hydrogen-bond acceptors (Lipinski definition) is 14. The van der Waals surface area contributed by atoms with Gasteiger partial charge in [-0.05, 0) is 49.9 Å². The van der Waals surface area contributed by atoms with Crippen molar-refractivity contribution < 1.29 is 43.9 Å². The molecule has 0 aliphatic rings. The molecule has 0 bridgehead atoms. The van der Waals surface area contributed by atoms with Crippen molar-refractivity contribution in [2.75, 3.05) is 50.4 Å². The lowest BCUT2D eigenvalue weighted by Crippen LogP contribution is -2.41. The first-order valence-electron chi connectivity index (χ1n) is 32.6. The highest BCUT2D eigenvalue weighted by Gasteiger charge is 2.22. The van der Waals surface area contributed by atoms with Gasteiger partial charge in [-0.1, -0.05) is 212 Å². The number of anilines is 2. The molecule has 3 rings (SSSR count). The third-order valence-electron chi connectivity index (χ3n) is 15.2. The Kier molecular flexibility index (Phi) is 41.9. The summed E-state index contributed by atoms with van der Waals surface area (Å²) in [7, 11) is 0. The van der Waals surface area contributed by atoms with Crippen LogP contribution < -0.4 is 32.6 Å². The fraction of sp³-hybridized carbons (Fsp3) is 0.734. The van der Waals surface area contributed by atoms with Crippen molar-refractivity contribution in [3.05, 3.63) is 52.1 Å². The van der Waals surface area contributed by atoms with Crippen molar-refractivity contribution >= 4 is 52.4 Å². The third kappa shape index (κ3) is 36.2. The molecule has 20 heteroatoms. The highest BCUT2D eigenvalue weighted by molar-refractivity contribution is 5.97. The molecule has 20 nitrogen and oxygen atoms in total. The van der Waals surface area contributed by atoms with Crippen molar-refractivity contribution in [3.63, 3.8) is 0 Å². The molecule has 1 aromatic carbocycles. The van der Waals surface area contributed by atoms with Crippen LogP contribution in [-0.4, -0.2) is 105 Å². The van der Waals surface area contributed by atoms with E-state index in [1.165, 1.54) is 198 Å². The summed E-state index contributed by atoms with van der Waals surface area (Å²) < 4.78 is 0. The van der Waals surface area contributed by atoms with Crippen LogP contribution in [0.1, 0.15) is 267 Å². The average molecular weight is 1180 g/mol. The smallest absolute Gasteiger partial charge is 0.326 e. The SMILES string of the molecule is CCCCCCCCCCCCCCCCCCN(CCCCCCCCCCCCCCCCCC)C(=O)CCC(=O)NCCOOOCCCNC(=O)CCC(NC(=O)c1ccc(NCc2cnc3nc(N)[nH]c(=O)c3n2)cc1)C(=O)O. The van der Waals surface area contributed by atoms with E-state index >= 15 is 0 Å². The summed E-state index contributed by atoms with van der Waals surface area (Å²) in [4.78, 5) is 102. The summed E-state index contributed by atoms with van der Waals surface area (Å²) >= 11 is 0. The van der Waals surface area contributed by atoms with Gasteiger partial charge in [0.15, 0.2) is 11.2 Å². The number of carboxylic acid groups (broad SMARTS) is 1. The van der Waals surface area contributed by atoms with E-state index in [1.807, 2.05) is 4.90 Å². The molecule has 84 heavy (non-hydrogen) atoms. The summed E-state index contributed by atoms with van der Waals surface area (Å²) in [6, 6.07) is 4.99. The van der Waals surface area contributed by atoms with Gasteiger partial charge in [-0.25, -0.2) is 24.5 Å². The standard InChI is InChI=1S/C64H108N10O10/c1-3-5-7-9-11-13-15-17-19-21-23-25-27-29-31-33-46-74(47-34-32-30-28-26-24-22-20-18-16-14-12-10-8-6-4-2)58(77)43-42-57(76)67-45-49-83-84-82-48-35-44-66-56(75)41-40-55(63(80)81)71-61(78)52-36-38-53(39-37-52)68-50-54-51-69-60-59(70-54)62(79)73-64(65)72-60/h36-39,51,55,68H,3-35,40-50H2,1-2H3,(H,66,75)(H,67,76)(H,71,78)(H,80,81)(H3,65,69,72,73,79). The number of nitrogen functional groups attached to an aromatic ring is 1. The number of unbranched alkanes of at least 4 members (excludes halogenated alkanes) is 30. The van der Waals surface area contributed by atoms with Gasteiger partial charge in [0.05, 0.1) is 25.0 Å². The van der Waals surface area contributed by atoms with Crippen LogP contribution in [0.3, 0.4) is 0 Å². The minimum Gasteiger partial charge on any atom is -0.480 e. The van der Waals surface area contributed by atoms with E-state index in [1.54, 1.807) is 12.1 Å². The van der Waals surface area contributed by atoms with Crippen LogP contribution in [0.15, 0.2) is 35.3 Å². The second-order valence-corrected chi connectivity index (χ2v) is 22.6. The molecule has 0 fully saturated rings. The van der Waals surface area contributed by atoms with Gasteiger partial charge >= 0.3 is 5.97 Å². The third-order valence-corrected chi connectivity index (χ3v) is 15.2. The highest BCUT2D eigenvalue weighted by atomic mass is 17.5. The maximum absolute atomic E-state index is 13.5. The zero-order valence-electron chi connectivity index (χ0n) is 51.6. The Morgan fingerprint density at radius 3 is 1.58 bits per heavy atom. The van der Waals surface area contributed by atoms with Gasteiger partial charge < -0.3 is 37.0 Å². The van der Waals surface area contributed by atoms with E-state index in [9.17, 15) is 33.9 Å². The molecule has 1 atom stereocenters. The Labute approximate surface area is 501 Å². The molecular weight excluding hydrogens is 1070 g/mol. The van der Waals surface area contributed by atoms with Gasteiger partial charge in [0.1, 0.15) is 12.6 Å². The van der Waals surface area contributed by atoms with E-state index in [-0.39, 0.29) is 93.0 Å². The predicted molar refractivity (Wildman–Crippen MR) is 333 cm³/mol. The molecule has 0 saturated carbocycles. The summed E-state index contributed by atoms with van der Waals surface area (Å²) in [6.07, 6.45) is 43.7. The number of rotatable bonds is 55. The number of carbonyl (C=O) groups excluding carboxylic acids is 4. The Balaban J connectivity index is 1.22. The molecule has 0 aliphatic carbocycles. The van der Waals surface area contributed by atoms with Crippen molar-refractivity contribution in [2.45, 2.75) is 264 Å². The second kappa shape index (κ2) is 48.5. The minimum atomic E-state index is -1.31. The molecule has 0 radical (unpaired) electrons. The minimum absolute atomic E-state index is 0.0218. The molecule has 474 valence electrons. The molecule has 2 heterocycles. The maximum Gasteiger partial charge on any atom is 0.326 e. The molecule has 4 amide bonds. The number of fused-ring (bicyclic) bond motifs is 1. The number of nitrogens with two attached hydrogens (primary N) is 1. The number of aromatic amines is 1. The van der Waals surface area contributed by atoms with E-state index in [0.717, 1.165) is 38.8 Å². The van der Waals surface area contributed by atoms with Crippen molar-refractivity contribution in [1.82, 2.24) is 40.8 Å². The lowest BCUT2D eigenvalue weighted by atomic mass is 10.0. The van der Waals surface area contributed by atoms with Crippen molar-refractivity contribution in [3.8, 4) is 0 Å². The molecule has 2 aromatic heterocycles. The first kappa shape index (κ1) is 72.5. The Bertz CT molecular complexity index is 2250. The van der Waals surface area contributed by atoms with Crippen LogP contribution in [-0.2, 0) is 40.5 Å². The van der Waals surface area contributed by atoms with Crippen LogP contribution in [0.4, 0.5) is 11.6 Å². The second-order valence-electron chi connectivity index (χ2n) is 22.6. The summed E-state index contributed by atoms with van der Waals surface area (Å²) in [5.74, 6) is -2.56. The van der Waals surface area contributed by atoms with Crippen molar-refractivity contribution in [2.24, 2.45) is 0 Å². The Morgan fingerprint density at radius 2 is 1.07 bits per heavy atom. The quantitative estimate of drug-likeness (QED) is 0.0157. The number of aliphatic carboxylic acids is 1. The first-order chi connectivity index (χ1) is 41.0. The van der Waals surface area contributed by atoms with Crippen molar-refractivity contribution in [1.29, 1.82) is 0 Å². The van der Waals surface area contributed by atoms with Gasteiger partial charge in [0.2, 0.25) is 23.7 Å². The number of hydrogen-bond donors (Lipinski definition) is 7. The Hall–Kier alpha value is -5.73. The lowest BCUT2D eigenvalue weighted by Gasteiger charge is -2.23. The van der Waals surface area contributed by atoms with E-state index in [4.69, 9.17) is 20.5 Å². The molecule has 0 spiro atoms. The number of nitrogens with zero attached hydrogens (tertiary/aromatic N) is 4. The predicted octanol–water partition coefficient (Wildman–Crippen LogP) is 12.5. The average Bonchev–Trinajstić information content (AvgIpc) is 3.67. The number of nitrogens with one attached hydrogen (secondary N) is 5. The number of amides is 4. The number of carbonyl (C=O) groups is 5. The van der Waals surface area contributed by atoms with Crippen LogP contribution >= 0.6 is 0 Å². The molecular formula is C64H108N10O10. The number of carboxylic acids is 1. The number of benzene rings is 1. The number of H-pyrrole nitrogens is 1. The monoisotopic (exact) mass is 1180 g/mol. The zero-order chi connectivity index (χ0) is 60.5. The molecule has 3 aromatic rings. The van der Waals surface area contributed by atoms with Crippen LogP contribution in [0.25, 0.3) is 11.2 Å². The van der Waals surface area contributed by atoms with Gasteiger partial charge in [-0.3, -0.25) is 29.0 Å². The summed E-state index contributed by atoms with van der Waals surface area (Å²) in [6.45, 7) is 6.74. The van der Waals surface area contributed by atoms with E-state index < -0.39 is 29.4 Å². The summed E-state index contributed by atoms with van der Waals surface area (Å²) in [5, 5.41) is 25.5. The fourth-order valence-corrected chi connectivity index (χ4v) is 10.1. The highest BCUT2D eigenvalue weighted by Crippen LogP contribution is 2.18. The van der Waals surface area contributed by atoms with Gasteiger partial charge in [0, 0.05) is 56.7 Å². The Morgan fingerprint density at radius 1 is 0.595 bits per heavy atom. The van der Waals surface area contributed by atoms with Crippen LogP contribution in [0.5, 0.6) is 0 Å². The van der Waals surface area contributed by atoms with Crippen LogP contribution in [0.2, 0.25) is 0 Å². The van der Waals surface area contributed by atoms with Gasteiger partial charge in [-0.2, -0.15) is 4.98 Å². The first-order valence-corrected chi connectivity index (χ1v) is 32.6. The molecule has 0 aliphatic heterocycles. The van der Waals surface area contributed by atoms with E-state index in [2.05, 4.69) is 55.1 Å². The van der Waals surface area contributed by atoms with E-state index in [0.29, 0.717) is 17.8 Å². The largest absolute Gasteiger partial charge is 0.480 e. The summed E-state index contributed by atoms with van der Waals surface area (Å²) in [5.41, 5.74) is 6.53. The zero-order valence-corrected chi connectivity index (χ0v) is 51.6. The molecule has 0 saturated heterocycles.